The first-order chi connectivity index (χ1) is 5.86. The standard InChI is InChI=1S/C10H14Te2/c1-11-7-9-4-3-5-10(6-9)8-12-2/h3-6H,7-8H2,1-2H3. The number of benzene rings is 1. The Morgan fingerprint density at radius 1 is 1.00 bits per heavy atom. The molecule has 1 rings (SSSR count). The molecule has 0 atom stereocenters. The van der Waals surface area contributed by atoms with Crippen molar-refractivity contribution in [1.29, 1.82) is 0 Å². The van der Waals surface area contributed by atoms with Crippen LogP contribution in [0.4, 0.5) is 0 Å². The molecule has 1 aromatic rings. The van der Waals surface area contributed by atoms with E-state index in [0.717, 1.165) is 0 Å². The van der Waals surface area contributed by atoms with Gasteiger partial charge in [0.05, 0.1) is 0 Å². The third-order valence-electron chi connectivity index (χ3n) is 1.61. The Hall–Kier alpha value is 0.799. The third kappa shape index (κ3) is 3.67. The van der Waals surface area contributed by atoms with Gasteiger partial charge in [0.15, 0.2) is 0 Å². The maximum atomic E-state index is 2.41. The summed E-state index contributed by atoms with van der Waals surface area (Å²) < 4.78 is 2.73. The fourth-order valence-corrected chi connectivity index (χ4v) is 4.07. The van der Waals surface area contributed by atoms with Gasteiger partial charge in [-0.15, -0.1) is 0 Å². The summed E-state index contributed by atoms with van der Waals surface area (Å²) in [4.78, 5) is 4.73. The van der Waals surface area contributed by atoms with Gasteiger partial charge in [-0.3, -0.25) is 0 Å². The normalized spacial score (nSPS) is 10.2. The Kier molecular flexibility index (Phi) is 5.70. The third-order valence-corrected chi connectivity index (χ3v) is 5.16. The van der Waals surface area contributed by atoms with Crippen LogP contribution < -0.4 is 0 Å². The van der Waals surface area contributed by atoms with E-state index in [9.17, 15) is 0 Å². The molecular formula is C10H14Te2. The van der Waals surface area contributed by atoms with Gasteiger partial charge in [0, 0.05) is 0 Å². The Labute approximate surface area is 95.3 Å². The molecule has 1 aromatic carbocycles. The van der Waals surface area contributed by atoms with E-state index in [1.807, 2.05) is 0 Å². The van der Waals surface area contributed by atoms with E-state index in [4.69, 9.17) is 0 Å². The maximum absolute atomic E-state index is 2.41. The molecule has 0 spiro atoms. The van der Waals surface area contributed by atoms with E-state index in [1.54, 1.807) is 11.1 Å². The van der Waals surface area contributed by atoms with Gasteiger partial charge in [0.25, 0.3) is 0 Å². The van der Waals surface area contributed by atoms with Crippen molar-refractivity contribution < 1.29 is 0 Å². The zero-order chi connectivity index (χ0) is 8.81. The molecule has 0 saturated carbocycles. The van der Waals surface area contributed by atoms with Crippen LogP contribution >= 0.6 is 0 Å². The van der Waals surface area contributed by atoms with Crippen molar-refractivity contribution in [3.63, 3.8) is 0 Å². The first kappa shape index (κ1) is 10.9. The van der Waals surface area contributed by atoms with E-state index in [2.05, 4.69) is 34.2 Å². The Balaban J connectivity index is 2.67. The van der Waals surface area contributed by atoms with Gasteiger partial charge in [0.1, 0.15) is 0 Å². The Morgan fingerprint density at radius 2 is 1.50 bits per heavy atom. The van der Waals surface area contributed by atoms with Crippen molar-refractivity contribution >= 4 is 41.8 Å². The molecule has 2 heteroatoms. The van der Waals surface area contributed by atoms with Crippen LogP contribution in [0.1, 0.15) is 11.1 Å². The van der Waals surface area contributed by atoms with Gasteiger partial charge in [-0.1, -0.05) is 0 Å². The van der Waals surface area contributed by atoms with Crippen LogP contribution in [0.3, 0.4) is 0 Å². The SMILES string of the molecule is C[Te]Cc1cccc(C[Te]C)c1. The summed E-state index contributed by atoms with van der Waals surface area (Å²) in [5.41, 5.74) is 3.14. The monoisotopic (exact) mass is 394 g/mol. The second kappa shape index (κ2) is 6.28. The van der Waals surface area contributed by atoms with Crippen LogP contribution in [-0.2, 0) is 8.94 Å². The molecule has 0 saturated heterocycles. The molecule has 0 bridgehead atoms. The molecule has 66 valence electrons. The van der Waals surface area contributed by atoms with E-state index in [0.29, 0.717) is 0 Å². The summed E-state index contributed by atoms with van der Waals surface area (Å²) in [6, 6.07) is 9.17. The fraction of sp³-hybridized carbons (Fsp3) is 0.400. The molecule has 0 N–H and O–H groups in total. The molecule has 0 fully saturated rings. The topological polar surface area (TPSA) is 0 Å². The van der Waals surface area contributed by atoms with Crippen LogP contribution in [0.2, 0.25) is 9.94 Å². The Morgan fingerprint density at radius 3 is 1.92 bits per heavy atom. The van der Waals surface area contributed by atoms with Gasteiger partial charge < -0.3 is 0 Å². The first-order valence-electron chi connectivity index (χ1n) is 3.92. The van der Waals surface area contributed by atoms with E-state index in [-0.39, 0.29) is 41.8 Å². The van der Waals surface area contributed by atoms with Crippen LogP contribution in [0.5, 0.6) is 0 Å². The van der Waals surface area contributed by atoms with Crippen LogP contribution in [0.15, 0.2) is 24.3 Å². The molecule has 0 radical (unpaired) electrons. The summed E-state index contributed by atoms with van der Waals surface area (Å²) >= 11 is 0.528. The van der Waals surface area contributed by atoms with Gasteiger partial charge >= 0.3 is 96.1 Å². The van der Waals surface area contributed by atoms with Gasteiger partial charge in [-0.25, -0.2) is 0 Å². The predicted octanol–water partition coefficient (Wildman–Crippen LogP) is 2.19. The molecule has 0 nitrogen and oxygen atoms in total. The van der Waals surface area contributed by atoms with Gasteiger partial charge in [0.2, 0.25) is 0 Å². The van der Waals surface area contributed by atoms with Crippen molar-refractivity contribution in [1.82, 2.24) is 0 Å². The molecule has 0 heterocycles. The van der Waals surface area contributed by atoms with E-state index < -0.39 is 0 Å². The van der Waals surface area contributed by atoms with Gasteiger partial charge in [-0.2, -0.15) is 0 Å². The average molecular weight is 389 g/mol. The number of rotatable bonds is 4. The molecule has 0 aliphatic heterocycles. The molecule has 0 aliphatic rings. The van der Waals surface area contributed by atoms with Crippen molar-refractivity contribution in [3.05, 3.63) is 35.4 Å². The second-order valence-electron chi connectivity index (χ2n) is 2.69. The summed E-state index contributed by atoms with van der Waals surface area (Å²) in [6.45, 7) is 0. The van der Waals surface area contributed by atoms with Crippen molar-refractivity contribution in [3.8, 4) is 0 Å². The predicted molar refractivity (Wildman–Crippen MR) is 57.1 cm³/mol. The quantitative estimate of drug-likeness (QED) is 0.693. The molecule has 0 aromatic heterocycles. The average Bonchev–Trinajstić information content (AvgIpc) is 2.06. The van der Waals surface area contributed by atoms with Crippen molar-refractivity contribution in [2.45, 2.75) is 18.9 Å². The van der Waals surface area contributed by atoms with Crippen molar-refractivity contribution in [2.24, 2.45) is 0 Å². The number of hydrogen-bond acceptors (Lipinski definition) is 0. The van der Waals surface area contributed by atoms with Crippen LogP contribution in [-0.4, -0.2) is 41.8 Å². The zero-order valence-corrected chi connectivity index (χ0v) is 12.2. The molecular weight excluding hydrogens is 375 g/mol. The number of hydrogen-bond donors (Lipinski definition) is 0. The summed E-state index contributed by atoms with van der Waals surface area (Å²) in [6.07, 6.45) is 0. The minimum absolute atomic E-state index is 0.264. The van der Waals surface area contributed by atoms with Gasteiger partial charge in [-0.05, 0) is 0 Å². The summed E-state index contributed by atoms with van der Waals surface area (Å²) in [5, 5.41) is 0. The first-order valence-corrected chi connectivity index (χ1v) is 11.9. The van der Waals surface area contributed by atoms with Crippen LogP contribution in [0, 0.1) is 0 Å². The van der Waals surface area contributed by atoms with Crippen LogP contribution in [0.25, 0.3) is 0 Å². The van der Waals surface area contributed by atoms with E-state index in [1.165, 1.54) is 8.94 Å². The fourth-order valence-electron chi connectivity index (χ4n) is 1.14. The Bertz CT molecular complexity index is 212. The summed E-state index contributed by atoms with van der Waals surface area (Å²) in [7, 11) is 0. The molecule has 12 heavy (non-hydrogen) atoms. The minimum atomic E-state index is 0.264. The molecule has 0 aliphatic carbocycles. The zero-order valence-electron chi connectivity index (χ0n) is 7.54. The molecule has 0 unspecified atom stereocenters. The van der Waals surface area contributed by atoms with Crippen molar-refractivity contribution in [2.75, 3.05) is 0 Å². The summed E-state index contributed by atoms with van der Waals surface area (Å²) in [5.74, 6) is 0. The molecule has 0 amide bonds. The second-order valence-corrected chi connectivity index (χ2v) is 7.63. The van der Waals surface area contributed by atoms with E-state index >= 15 is 0 Å².